The Morgan fingerprint density at radius 3 is 2.17 bits per heavy atom. The first-order valence-electron chi connectivity index (χ1n) is 9.42. The van der Waals surface area contributed by atoms with Gasteiger partial charge in [0, 0.05) is 0 Å². The summed E-state index contributed by atoms with van der Waals surface area (Å²) in [5.74, 6) is -0.379. The summed E-state index contributed by atoms with van der Waals surface area (Å²) in [5, 5.41) is 3.46. The molecule has 0 aliphatic rings. The molecule has 0 saturated carbocycles. The monoisotopic (exact) mass is 456 g/mol. The summed E-state index contributed by atoms with van der Waals surface area (Å²) in [6.07, 6.45) is 2.30. The smallest absolute Gasteiger partial charge is 0.244 e. The van der Waals surface area contributed by atoms with Gasteiger partial charge in [0.1, 0.15) is 6.04 Å². The molecule has 1 N–H and O–H groups in total. The lowest BCUT2D eigenvalue weighted by Crippen LogP contribution is -2.49. The predicted molar refractivity (Wildman–Crippen MR) is 120 cm³/mol. The highest BCUT2D eigenvalue weighted by atomic mass is 35.5. The highest BCUT2D eigenvalue weighted by Gasteiger charge is 2.32. The zero-order chi connectivity index (χ0) is 21.8. The number of rotatable bonds is 8. The Morgan fingerprint density at radius 2 is 1.69 bits per heavy atom. The molecule has 0 saturated heterocycles. The van der Waals surface area contributed by atoms with Gasteiger partial charge in [-0.3, -0.25) is 9.10 Å². The molecule has 2 atom stereocenters. The number of nitrogens with zero attached hydrogens (tertiary/aromatic N) is 1. The van der Waals surface area contributed by atoms with E-state index in [1.54, 1.807) is 6.92 Å². The van der Waals surface area contributed by atoms with Crippen LogP contribution in [0, 0.1) is 0 Å². The quantitative estimate of drug-likeness (QED) is 0.608. The zero-order valence-corrected chi connectivity index (χ0v) is 19.3. The average molecular weight is 457 g/mol. The molecule has 2 rings (SSSR count). The van der Waals surface area contributed by atoms with Crippen molar-refractivity contribution in [2.75, 3.05) is 10.6 Å². The normalized spacial score (nSPS) is 13.6. The molecule has 2 aromatic rings. The summed E-state index contributed by atoms with van der Waals surface area (Å²) in [6, 6.07) is 11.3. The second kappa shape index (κ2) is 9.83. The molecule has 5 nitrogen and oxygen atoms in total. The molecule has 29 heavy (non-hydrogen) atoms. The van der Waals surface area contributed by atoms with Gasteiger partial charge in [0.15, 0.2) is 0 Å². The second-order valence-corrected chi connectivity index (χ2v) is 9.58. The lowest BCUT2D eigenvalue weighted by Gasteiger charge is -2.31. The summed E-state index contributed by atoms with van der Waals surface area (Å²) in [4.78, 5) is 13.0. The van der Waals surface area contributed by atoms with Crippen molar-refractivity contribution >= 4 is 44.8 Å². The molecule has 0 fully saturated rings. The summed E-state index contributed by atoms with van der Waals surface area (Å²) in [7, 11) is -3.74. The lowest BCUT2D eigenvalue weighted by molar-refractivity contribution is -0.122. The van der Waals surface area contributed by atoms with Crippen LogP contribution in [0.15, 0.2) is 42.5 Å². The molecule has 0 spiro atoms. The summed E-state index contributed by atoms with van der Waals surface area (Å²) in [5.41, 5.74) is 2.45. The van der Waals surface area contributed by atoms with Gasteiger partial charge in [0.25, 0.3) is 0 Å². The number of halogens is 2. The molecule has 0 radical (unpaired) electrons. The molecule has 8 heteroatoms. The van der Waals surface area contributed by atoms with E-state index < -0.39 is 16.1 Å². The first-order valence-corrected chi connectivity index (χ1v) is 12.0. The van der Waals surface area contributed by atoms with Crippen LogP contribution in [0.4, 0.5) is 5.69 Å². The molecule has 0 aliphatic heterocycles. The third kappa shape index (κ3) is 5.87. The van der Waals surface area contributed by atoms with Gasteiger partial charge in [-0.25, -0.2) is 8.42 Å². The van der Waals surface area contributed by atoms with Gasteiger partial charge in [0.2, 0.25) is 15.9 Å². The van der Waals surface area contributed by atoms with E-state index >= 15 is 0 Å². The summed E-state index contributed by atoms with van der Waals surface area (Å²) in [6.45, 7) is 5.71. The molecular formula is C21H26Cl2N2O3S. The van der Waals surface area contributed by atoms with Gasteiger partial charge >= 0.3 is 0 Å². The molecule has 0 heterocycles. The number of carbonyl (C=O) groups excluding carboxylic acids is 1. The zero-order valence-electron chi connectivity index (χ0n) is 16.9. The fourth-order valence-electron chi connectivity index (χ4n) is 3.12. The Morgan fingerprint density at radius 1 is 1.07 bits per heavy atom. The average Bonchev–Trinajstić information content (AvgIpc) is 2.67. The number of hydrogen-bond donors (Lipinski definition) is 1. The van der Waals surface area contributed by atoms with Gasteiger partial charge in [0.05, 0.1) is 28.0 Å². The van der Waals surface area contributed by atoms with E-state index in [0.29, 0.717) is 17.1 Å². The Labute approximate surface area is 183 Å². The topological polar surface area (TPSA) is 66.5 Å². The van der Waals surface area contributed by atoms with E-state index in [0.717, 1.165) is 22.5 Å². The minimum Gasteiger partial charge on any atom is -0.348 e. The van der Waals surface area contributed by atoms with Crippen molar-refractivity contribution in [3.63, 3.8) is 0 Å². The second-order valence-electron chi connectivity index (χ2n) is 6.91. The van der Waals surface area contributed by atoms with Crippen molar-refractivity contribution in [2.24, 2.45) is 0 Å². The highest BCUT2D eigenvalue weighted by molar-refractivity contribution is 7.92. The fraction of sp³-hybridized carbons (Fsp3) is 0.381. The van der Waals surface area contributed by atoms with Gasteiger partial charge < -0.3 is 5.32 Å². The molecule has 2 aromatic carbocycles. The van der Waals surface area contributed by atoms with Crippen LogP contribution in [-0.2, 0) is 21.2 Å². The first-order chi connectivity index (χ1) is 13.6. The standard InChI is InChI=1S/C21H26Cl2N2O3S/c1-5-15-7-9-16(10-8-15)14(3)24-21(26)20(6-2)25(29(4,27)28)17-11-12-18(22)19(23)13-17/h7-14,20H,5-6H2,1-4H3,(H,24,26)/t14-,20+/m1/s1. The number of nitrogens with one attached hydrogen (secondary N) is 1. The Kier molecular flexibility index (Phi) is 7.97. The van der Waals surface area contributed by atoms with Crippen molar-refractivity contribution < 1.29 is 13.2 Å². The highest BCUT2D eigenvalue weighted by Crippen LogP contribution is 2.30. The molecular weight excluding hydrogens is 431 g/mol. The Hall–Kier alpha value is -1.76. The molecule has 0 unspecified atom stereocenters. The Bertz CT molecular complexity index is 962. The van der Waals surface area contributed by atoms with Crippen LogP contribution in [-0.4, -0.2) is 26.6 Å². The predicted octanol–water partition coefficient (Wildman–Crippen LogP) is 4.98. The molecule has 0 bridgehead atoms. The number of hydrogen-bond acceptors (Lipinski definition) is 3. The molecule has 1 amide bonds. The van der Waals surface area contributed by atoms with Crippen LogP contribution in [0.5, 0.6) is 0 Å². The summed E-state index contributed by atoms with van der Waals surface area (Å²) >= 11 is 12.0. The minimum atomic E-state index is -3.74. The van der Waals surface area contributed by atoms with Gasteiger partial charge in [-0.05, 0) is 49.1 Å². The molecule has 0 aliphatic carbocycles. The van der Waals surface area contributed by atoms with E-state index in [2.05, 4.69) is 12.2 Å². The van der Waals surface area contributed by atoms with Gasteiger partial charge in [-0.1, -0.05) is 61.3 Å². The number of carbonyl (C=O) groups is 1. The van der Waals surface area contributed by atoms with E-state index in [-0.39, 0.29) is 17.0 Å². The number of aryl methyl sites for hydroxylation is 1. The van der Waals surface area contributed by atoms with Crippen LogP contribution in [0.25, 0.3) is 0 Å². The molecule has 158 valence electrons. The van der Waals surface area contributed by atoms with E-state index in [9.17, 15) is 13.2 Å². The van der Waals surface area contributed by atoms with Crippen LogP contribution in [0.2, 0.25) is 10.0 Å². The largest absolute Gasteiger partial charge is 0.348 e. The molecule has 0 aromatic heterocycles. The van der Waals surface area contributed by atoms with E-state index in [1.165, 1.54) is 23.8 Å². The number of amides is 1. The van der Waals surface area contributed by atoms with Crippen LogP contribution >= 0.6 is 23.2 Å². The minimum absolute atomic E-state index is 0.220. The van der Waals surface area contributed by atoms with Crippen LogP contribution < -0.4 is 9.62 Å². The first kappa shape index (κ1) is 23.5. The van der Waals surface area contributed by atoms with E-state index in [4.69, 9.17) is 23.2 Å². The maximum atomic E-state index is 13.0. The van der Waals surface area contributed by atoms with Crippen molar-refractivity contribution in [1.82, 2.24) is 5.32 Å². The van der Waals surface area contributed by atoms with Crippen molar-refractivity contribution in [3.05, 3.63) is 63.6 Å². The Balaban J connectivity index is 2.30. The van der Waals surface area contributed by atoms with Crippen LogP contribution in [0.1, 0.15) is 44.4 Å². The maximum Gasteiger partial charge on any atom is 0.244 e. The third-order valence-electron chi connectivity index (χ3n) is 4.73. The number of sulfonamides is 1. The van der Waals surface area contributed by atoms with Gasteiger partial charge in [-0.15, -0.1) is 0 Å². The van der Waals surface area contributed by atoms with E-state index in [1.807, 2.05) is 31.2 Å². The SMILES string of the molecule is CCc1ccc([C@@H](C)NC(=O)[C@H](CC)N(c2ccc(Cl)c(Cl)c2)S(C)(=O)=O)cc1. The maximum absolute atomic E-state index is 13.0. The van der Waals surface area contributed by atoms with Gasteiger partial charge in [-0.2, -0.15) is 0 Å². The number of benzene rings is 2. The fourth-order valence-corrected chi connectivity index (χ4v) is 4.61. The van der Waals surface area contributed by atoms with Crippen molar-refractivity contribution in [2.45, 2.75) is 45.7 Å². The number of anilines is 1. The summed E-state index contributed by atoms with van der Waals surface area (Å²) < 4.78 is 26.2. The van der Waals surface area contributed by atoms with Crippen molar-refractivity contribution in [1.29, 1.82) is 0 Å². The van der Waals surface area contributed by atoms with Crippen LogP contribution in [0.3, 0.4) is 0 Å². The van der Waals surface area contributed by atoms with Crippen molar-refractivity contribution in [3.8, 4) is 0 Å². The lowest BCUT2D eigenvalue weighted by atomic mass is 10.0. The third-order valence-corrected chi connectivity index (χ3v) is 6.65.